The minimum atomic E-state index is 0.102. The van der Waals surface area contributed by atoms with E-state index >= 15 is 0 Å². The number of nitrogens with two attached hydrogens (primary N) is 1. The lowest BCUT2D eigenvalue weighted by atomic mass is 10.2. The summed E-state index contributed by atoms with van der Waals surface area (Å²) >= 11 is 1.75. The van der Waals surface area contributed by atoms with Gasteiger partial charge in [-0.15, -0.1) is 11.8 Å². The van der Waals surface area contributed by atoms with Crippen molar-refractivity contribution in [3.63, 3.8) is 0 Å². The topological polar surface area (TPSA) is 55.1 Å². The molecular formula is C12H18N2OS. The Balaban J connectivity index is 2.38. The third-order valence-electron chi connectivity index (χ3n) is 2.41. The van der Waals surface area contributed by atoms with Crippen molar-refractivity contribution in [1.82, 2.24) is 5.32 Å². The summed E-state index contributed by atoms with van der Waals surface area (Å²) in [6, 6.07) is 5.93. The van der Waals surface area contributed by atoms with Crippen LogP contribution in [0.1, 0.15) is 18.4 Å². The van der Waals surface area contributed by atoms with Crippen LogP contribution in [0.5, 0.6) is 0 Å². The van der Waals surface area contributed by atoms with Crippen molar-refractivity contribution in [3.05, 3.63) is 23.8 Å². The van der Waals surface area contributed by atoms with E-state index in [1.807, 2.05) is 19.1 Å². The molecule has 0 bridgehead atoms. The smallest absolute Gasteiger partial charge is 0.219 e. The zero-order valence-corrected chi connectivity index (χ0v) is 10.6. The Morgan fingerprint density at radius 3 is 2.94 bits per heavy atom. The quantitative estimate of drug-likeness (QED) is 0.470. The van der Waals surface area contributed by atoms with Gasteiger partial charge in [-0.2, -0.15) is 0 Å². The maximum Gasteiger partial charge on any atom is 0.219 e. The highest BCUT2D eigenvalue weighted by Gasteiger charge is 2.02. The Bertz CT molecular complexity index is 366. The maximum atomic E-state index is 11.0. The van der Waals surface area contributed by atoms with Crippen LogP contribution in [0.4, 0.5) is 5.69 Å². The number of hydrogen-bond donors (Lipinski definition) is 2. The van der Waals surface area contributed by atoms with Gasteiger partial charge in [0.2, 0.25) is 5.91 Å². The molecule has 0 aliphatic carbocycles. The number of benzene rings is 1. The van der Waals surface area contributed by atoms with Gasteiger partial charge in [0.15, 0.2) is 0 Å². The molecule has 3 N–H and O–H groups in total. The summed E-state index contributed by atoms with van der Waals surface area (Å²) in [5, 5.41) is 2.62. The summed E-state index contributed by atoms with van der Waals surface area (Å²) in [7, 11) is 1.66. The third kappa shape index (κ3) is 3.77. The maximum absolute atomic E-state index is 11.0. The summed E-state index contributed by atoms with van der Waals surface area (Å²) in [6.45, 7) is 2.02. The Morgan fingerprint density at radius 2 is 2.25 bits per heavy atom. The van der Waals surface area contributed by atoms with Gasteiger partial charge in [0.25, 0.3) is 0 Å². The molecule has 1 aromatic rings. The molecular weight excluding hydrogens is 220 g/mol. The van der Waals surface area contributed by atoms with Gasteiger partial charge in [-0.05, 0) is 36.8 Å². The van der Waals surface area contributed by atoms with Gasteiger partial charge in [-0.3, -0.25) is 4.79 Å². The fourth-order valence-electron chi connectivity index (χ4n) is 1.33. The third-order valence-corrected chi connectivity index (χ3v) is 3.66. The van der Waals surface area contributed by atoms with Gasteiger partial charge in [0, 0.05) is 24.1 Å². The lowest BCUT2D eigenvalue weighted by Crippen LogP contribution is -2.17. The lowest BCUT2D eigenvalue weighted by molar-refractivity contribution is -0.120. The van der Waals surface area contributed by atoms with Crippen LogP contribution in [0.15, 0.2) is 23.1 Å². The second kappa shape index (κ2) is 6.43. The highest BCUT2D eigenvalue weighted by Crippen LogP contribution is 2.26. The molecule has 1 aromatic carbocycles. The molecule has 0 saturated carbocycles. The van der Waals surface area contributed by atoms with E-state index in [2.05, 4.69) is 11.4 Å². The van der Waals surface area contributed by atoms with Gasteiger partial charge in [0.05, 0.1) is 0 Å². The SMILES string of the molecule is CNC(=O)CCCSc1cccc(N)c1C. The average molecular weight is 238 g/mol. The fraction of sp³-hybridized carbons (Fsp3) is 0.417. The number of anilines is 1. The minimum Gasteiger partial charge on any atom is -0.398 e. The summed E-state index contributed by atoms with van der Waals surface area (Å²) in [6.07, 6.45) is 1.48. The lowest BCUT2D eigenvalue weighted by Gasteiger charge is -2.07. The van der Waals surface area contributed by atoms with Crippen LogP contribution in [0.25, 0.3) is 0 Å². The van der Waals surface area contributed by atoms with Crippen molar-refractivity contribution in [2.75, 3.05) is 18.5 Å². The van der Waals surface area contributed by atoms with E-state index in [4.69, 9.17) is 5.73 Å². The van der Waals surface area contributed by atoms with E-state index in [1.54, 1.807) is 18.8 Å². The van der Waals surface area contributed by atoms with Gasteiger partial charge in [0.1, 0.15) is 0 Å². The highest BCUT2D eigenvalue weighted by molar-refractivity contribution is 7.99. The normalized spacial score (nSPS) is 10.1. The van der Waals surface area contributed by atoms with Crippen molar-refractivity contribution in [3.8, 4) is 0 Å². The summed E-state index contributed by atoms with van der Waals surface area (Å²) in [5.74, 6) is 1.04. The molecule has 0 fully saturated rings. The second-order valence-corrected chi connectivity index (χ2v) is 4.73. The van der Waals surface area contributed by atoms with Crippen LogP contribution in [-0.4, -0.2) is 18.7 Å². The van der Waals surface area contributed by atoms with E-state index in [1.165, 1.54) is 4.90 Å². The van der Waals surface area contributed by atoms with E-state index in [-0.39, 0.29) is 5.91 Å². The molecule has 0 radical (unpaired) electrons. The molecule has 4 heteroatoms. The van der Waals surface area contributed by atoms with Crippen LogP contribution in [0.3, 0.4) is 0 Å². The Labute approximate surface area is 101 Å². The molecule has 0 aliphatic heterocycles. The van der Waals surface area contributed by atoms with E-state index in [0.717, 1.165) is 23.4 Å². The van der Waals surface area contributed by atoms with Crippen LogP contribution in [-0.2, 0) is 4.79 Å². The fourth-order valence-corrected chi connectivity index (χ4v) is 2.35. The van der Waals surface area contributed by atoms with Crippen molar-refractivity contribution in [2.45, 2.75) is 24.7 Å². The van der Waals surface area contributed by atoms with Gasteiger partial charge >= 0.3 is 0 Å². The van der Waals surface area contributed by atoms with Crippen molar-refractivity contribution in [2.24, 2.45) is 0 Å². The highest BCUT2D eigenvalue weighted by atomic mass is 32.2. The molecule has 0 heterocycles. The van der Waals surface area contributed by atoms with Crippen LogP contribution in [0, 0.1) is 6.92 Å². The Hall–Kier alpha value is -1.16. The average Bonchev–Trinajstić information content (AvgIpc) is 2.29. The minimum absolute atomic E-state index is 0.102. The molecule has 0 atom stereocenters. The first kappa shape index (κ1) is 12.9. The zero-order valence-electron chi connectivity index (χ0n) is 9.75. The Morgan fingerprint density at radius 1 is 1.50 bits per heavy atom. The molecule has 0 unspecified atom stereocenters. The van der Waals surface area contributed by atoms with Gasteiger partial charge in [-0.25, -0.2) is 0 Å². The van der Waals surface area contributed by atoms with Crippen LogP contribution < -0.4 is 11.1 Å². The first-order chi connectivity index (χ1) is 7.65. The zero-order chi connectivity index (χ0) is 12.0. The number of hydrogen-bond acceptors (Lipinski definition) is 3. The Kier molecular flexibility index (Phi) is 5.19. The molecule has 0 aliphatic rings. The number of thioether (sulfide) groups is 1. The molecule has 0 aromatic heterocycles. The molecule has 1 rings (SSSR count). The summed E-state index contributed by atoms with van der Waals surface area (Å²) in [4.78, 5) is 12.2. The molecule has 0 spiro atoms. The predicted octanol–water partition coefficient (Wildman–Crippen LogP) is 2.20. The first-order valence-electron chi connectivity index (χ1n) is 5.33. The second-order valence-electron chi connectivity index (χ2n) is 3.60. The molecule has 0 saturated heterocycles. The number of carbonyl (C=O) groups excluding carboxylic acids is 1. The molecule has 16 heavy (non-hydrogen) atoms. The van der Waals surface area contributed by atoms with Crippen LogP contribution in [0.2, 0.25) is 0 Å². The van der Waals surface area contributed by atoms with Gasteiger partial charge in [-0.1, -0.05) is 6.07 Å². The van der Waals surface area contributed by atoms with Crippen LogP contribution >= 0.6 is 11.8 Å². The molecule has 88 valence electrons. The number of nitrogens with one attached hydrogen (secondary N) is 1. The number of carbonyl (C=O) groups is 1. The first-order valence-corrected chi connectivity index (χ1v) is 6.32. The molecule has 1 amide bonds. The number of nitrogen functional groups attached to an aromatic ring is 1. The van der Waals surface area contributed by atoms with Crippen molar-refractivity contribution >= 4 is 23.4 Å². The summed E-state index contributed by atoms with van der Waals surface area (Å²) < 4.78 is 0. The van der Waals surface area contributed by atoms with E-state index in [9.17, 15) is 4.79 Å². The standard InChI is InChI=1S/C12H18N2OS/c1-9-10(13)5-3-6-11(9)16-8-4-7-12(15)14-2/h3,5-6H,4,7-8,13H2,1-2H3,(H,14,15). The number of amides is 1. The van der Waals surface area contributed by atoms with Gasteiger partial charge < -0.3 is 11.1 Å². The predicted molar refractivity (Wildman–Crippen MR) is 69.6 cm³/mol. The number of rotatable bonds is 5. The largest absolute Gasteiger partial charge is 0.398 e. The molecule has 3 nitrogen and oxygen atoms in total. The monoisotopic (exact) mass is 238 g/mol. The van der Waals surface area contributed by atoms with Crippen molar-refractivity contribution < 1.29 is 4.79 Å². The van der Waals surface area contributed by atoms with Crippen molar-refractivity contribution in [1.29, 1.82) is 0 Å². The van der Waals surface area contributed by atoms with E-state index in [0.29, 0.717) is 6.42 Å². The summed E-state index contributed by atoms with van der Waals surface area (Å²) in [5.41, 5.74) is 7.78. The van der Waals surface area contributed by atoms with E-state index < -0.39 is 0 Å².